The van der Waals surface area contributed by atoms with Crippen LogP contribution in [-0.2, 0) is 11.3 Å². The van der Waals surface area contributed by atoms with Crippen LogP contribution in [-0.4, -0.2) is 47.3 Å². The number of hydrogen-bond donors (Lipinski definition) is 0. The second kappa shape index (κ2) is 8.22. The molecule has 0 saturated carbocycles. The number of rotatable bonds is 5. The topological polar surface area (TPSA) is 77.7 Å². The monoisotopic (exact) mass is 379 g/mol. The van der Waals surface area contributed by atoms with Crippen molar-refractivity contribution >= 4 is 5.91 Å². The molecule has 1 amide bonds. The summed E-state index contributed by atoms with van der Waals surface area (Å²) in [5.74, 6) is 1.11. The van der Waals surface area contributed by atoms with Gasteiger partial charge in [-0.05, 0) is 13.0 Å². The minimum Gasteiger partial charge on any atom is -0.473 e. The number of amides is 1. The SMILES string of the molecule is Cc1onc(-c2ccccc2)c1COc1ccc(C(=O)N2CCOCC2)cn1. The van der Waals surface area contributed by atoms with Crippen LogP contribution in [0.4, 0.5) is 0 Å². The van der Waals surface area contributed by atoms with Gasteiger partial charge in [0.2, 0.25) is 5.88 Å². The van der Waals surface area contributed by atoms with Crippen molar-refractivity contribution < 1.29 is 18.8 Å². The molecule has 144 valence electrons. The Morgan fingerprint density at radius 1 is 1.14 bits per heavy atom. The van der Waals surface area contributed by atoms with Gasteiger partial charge in [0, 0.05) is 30.9 Å². The molecule has 1 saturated heterocycles. The normalized spacial score (nSPS) is 14.1. The Morgan fingerprint density at radius 2 is 1.93 bits per heavy atom. The zero-order chi connectivity index (χ0) is 19.3. The highest BCUT2D eigenvalue weighted by Crippen LogP contribution is 2.26. The largest absolute Gasteiger partial charge is 0.473 e. The van der Waals surface area contributed by atoms with Crippen LogP contribution >= 0.6 is 0 Å². The van der Waals surface area contributed by atoms with Gasteiger partial charge in [0.05, 0.1) is 24.3 Å². The minimum atomic E-state index is -0.0383. The third-order valence-electron chi connectivity index (χ3n) is 4.68. The van der Waals surface area contributed by atoms with Gasteiger partial charge in [-0.15, -0.1) is 0 Å². The van der Waals surface area contributed by atoms with Gasteiger partial charge in [-0.3, -0.25) is 4.79 Å². The first kappa shape index (κ1) is 18.2. The molecule has 3 heterocycles. The van der Waals surface area contributed by atoms with E-state index in [1.807, 2.05) is 37.3 Å². The van der Waals surface area contributed by atoms with Gasteiger partial charge in [-0.2, -0.15) is 0 Å². The first-order valence-corrected chi connectivity index (χ1v) is 9.19. The van der Waals surface area contributed by atoms with E-state index in [-0.39, 0.29) is 12.5 Å². The molecule has 1 aliphatic heterocycles. The third-order valence-corrected chi connectivity index (χ3v) is 4.68. The Bertz CT molecular complexity index is 932. The van der Waals surface area contributed by atoms with Gasteiger partial charge in [0.25, 0.3) is 5.91 Å². The molecule has 7 nitrogen and oxygen atoms in total. The number of nitrogens with zero attached hydrogens (tertiary/aromatic N) is 3. The van der Waals surface area contributed by atoms with Crippen LogP contribution in [0, 0.1) is 6.92 Å². The van der Waals surface area contributed by atoms with Crippen molar-refractivity contribution in [1.82, 2.24) is 15.0 Å². The van der Waals surface area contributed by atoms with Crippen molar-refractivity contribution in [3.63, 3.8) is 0 Å². The Labute approximate surface area is 162 Å². The quantitative estimate of drug-likeness (QED) is 0.678. The summed E-state index contributed by atoms with van der Waals surface area (Å²) in [6.45, 7) is 4.49. The molecular formula is C21H21N3O4. The van der Waals surface area contributed by atoms with E-state index in [0.29, 0.717) is 43.5 Å². The molecule has 1 aliphatic rings. The summed E-state index contributed by atoms with van der Waals surface area (Å²) < 4.78 is 16.4. The Morgan fingerprint density at radius 3 is 2.64 bits per heavy atom. The molecule has 0 radical (unpaired) electrons. The summed E-state index contributed by atoms with van der Waals surface area (Å²) >= 11 is 0. The maximum atomic E-state index is 12.5. The molecule has 0 atom stereocenters. The average molecular weight is 379 g/mol. The Hall–Kier alpha value is -3.19. The molecule has 1 aromatic carbocycles. The van der Waals surface area contributed by atoms with E-state index < -0.39 is 0 Å². The maximum absolute atomic E-state index is 12.5. The standard InChI is InChI=1S/C21H21N3O4/c1-15-18(20(23-28-15)16-5-3-2-4-6-16)14-27-19-8-7-17(13-22-19)21(25)24-9-11-26-12-10-24/h2-8,13H,9-12,14H2,1H3. The minimum absolute atomic E-state index is 0.0383. The molecule has 4 rings (SSSR count). The highest BCUT2D eigenvalue weighted by Gasteiger charge is 2.19. The first-order chi connectivity index (χ1) is 13.7. The molecule has 3 aromatic rings. The molecule has 2 aromatic heterocycles. The van der Waals surface area contributed by atoms with E-state index in [0.717, 1.165) is 16.8 Å². The number of hydrogen-bond acceptors (Lipinski definition) is 6. The summed E-state index contributed by atoms with van der Waals surface area (Å²) in [5.41, 5.74) is 3.15. The lowest BCUT2D eigenvalue weighted by Gasteiger charge is -2.26. The third kappa shape index (κ3) is 3.89. The highest BCUT2D eigenvalue weighted by molar-refractivity contribution is 5.94. The van der Waals surface area contributed by atoms with Gasteiger partial charge in [0.1, 0.15) is 18.1 Å². The number of carbonyl (C=O) groups is 1. The molecule has 28 heavy (non-hydrogen) atoms. The van der Waals surface area contributed by atoms with Crippen LogP contribution in [0.3, 0.4) is 0 Å². The van der Waals surface area contributed by atoms with Crippen molar-refractivity contribution in [3.8, 4) is 17.1 Å². The van der Waals surface area contributed by atoms with Crippen molar-refractivity contribution in [1.29, 1.82) is 0 Å². The molecule has 0 N–H and O–H groups in total. The first-order valence-electron chi connectivity index (χ1n) is 9.19. The number of pyridine rings is 1. The van der Waals surface area contributed by atoms with Gasteiger partial charge < -0.3 is 18.9 Å². The zero-order valence-corrected chi connectivity index (χ0v) is 15.6. The van der Waals surface area contributed by atoms with Crippen LogP contribution < -0.4 is 4.74 Å². The van der Waals surface area contributed by atoms with Gasteiger partial charge in [-0.25, -0.2) is 4.98 Å². The predicted molar refractivity (Wildman–Crippen MR) is 102 cm³/mol. The average Bonchev–Trinajstić information content (AvgIpc) is 3.13. The number of benzene rings is 1. The van der Waals surface area contributed by atoms with Crippen molar-refractivity contribution in [2.45, 2.75) is 13.5 Å². The molecule has 0 aliphatic carbocycles. The van der Waals surface area contributed by atoms with Crippen molar-refractivity contribution in [2.24, 2.45) is 0 Å². The second-order valence-corrected chi connectivity index (χ2v) is 6.51. The van der Waals surface area contributed by atoms with Crippen molar-refractivity contribution in [3.05, 3.63) is 65.5 Å². The summed E-state index contributed by atoms with van der Waals surface area (Å²) in [7, 11) is 0. The molecule has 0 bridgehead atoms. The van der Waals surface area contributed by atoms with Gasteiger partial charge >= 0.3 is 0 Å². The lowest BCUT2D eigenvalue weighted by molar-refractivity contribution is 0.0302. The zero-order valence-electron chi connectivity index (χ0n) is 15.6. The fourth-order valence-corrected chi connectivity index (χ4v) is 3.07. The van der Waals surface area contributed by atoms with E-state index in [2.05, 4.69) is 10.1 Å². The predicted octanol–water partition coefficient (Wildman–Crippen LogP) is 3.10. The van der Waals surface area contributed by atoms with E-state index in [1.165, 1.54) is 0 Å². The summed E-state index contributed by atoms with van der Waals surface area (Å²) in [4.78, 5) is 18.5. The van der Waals surface area contributed by atoms with Gasteiger partial charge in [0.15, 0.2) is 0 Å². The summed E-state index contributed by atoms with van der Waals surface area (Å²) in [5, 5.41) is 4.15. The number of morpholine rings is 1. The number of carbonyl (C=O) groups excluding carboxylic acids is 1. The fourth-order valence-electron chi connectivity index (χ4n) is 3.07. The van der Waals surface area contributed by atoms with E-state index in [1.54, 1.807) is 23.2 Å². The molecule has 0 spiro atoms. The van der Waals surface area contributed by atoms with E-state index in [9.17, 15) is 4.79 Å². The lowest BCUT2D eigenvalue weighted by Crippen LogP contribution is -2.40. The fraction of sp³-hybridized carbons (Fsp3) is 0.286. The number of ether oxygens (including phenoxy) is 2. The highest BCUT2D eigenvalue weighted by atomic mass is 16.5. The lowest BCUT2D eigenvalue weighted by atomic mass is 10.1. The van der Waals surface area contributed by atoms with Crippen LogP contribution in [0.1, 0.15) is 21.7 Å². The molecule has 0 unspecified atom stereocenters. The molecular weight excluding hydrogens is 358 g/mol. The summed E-state index contributed by atoms with van der Waals surface area (Å²) in [6, 6.07) is 13.3. The van der Waals surface area contributed by atoms with Crippen LogP contribution in [0.15, 0.2) is 53.2 Å². The second-order valence-electron chi connectivity index (χ2n) is 6.51. The smallest absolute Gasteiger partial charge is 0.255 e. The van der Waals surface area contributed by atoms with Crippen LogP contribution in [0.25, 0.3) is 11.3 Å². The Kier molecular flexibility index (Phi) is 5.34. The summed E-state index contributed by atoms with van der Waals surface area (Å²) in [6.07, 6.45) is 1.55. The van der Waals surface area contributed by atoms with E-state index in [4.69, 9.17) is 14.0 Å². The van der Waals surface area contributed by atoms with Gasteiger partial charge in [-0.1, -0.05) is 35.5 Å². The van der Waals surface area contributed by atoms with Crippen LogP contribution in [0.2, 0.25) is 0 Å². The van der Waals surface area contributed by atoms with Crippen molar-refractivity contribution in [2.75, 3.05) is 26.3 Å². The molecule has 7 heteroatoms. The van der Waals surface area contributed by atoms with E-state index >= 15 is 0 Å². The van der Waals surface area contributed by atoms with Crippen LogP contribution in [0.5, 0.6) is 5.88 Å². The number of aryl methyl sites for hydroxylation is 1. The maximum Gasteiger partial charge on any atom is 0.255 e. The Balaban J connectivity index is 1.43. The molecule has 1 fully saturated rings. The number of aromatic nitrogens is 2.